The molecule has 2 amide bonds. The van der Waals surface area contributed by atoms with Crippen LogP contribution in [0.5, 0.6) is 0 Å². The Balaban J connectivity index is 2.38. The van der Waals surface area contributed by atoms with Gasteiger partial charge in [-0.25, -0.2) is 9.59 Å². The number of hydrogen-bond acceptors (Lipinski definition) is 4. The van der Waals surface area contributed by atoms with Gasteiger partial charge in [0.25, 0.3) is 0 Å². The number of hydrogen-bond donors (Lipinski definition) is 3. The third-order valence-electron chi connectivity index (χ3n) is 2.42. The normalized spacial score (nSPS) is 10.2. The minimum absolute atomic E-state index is 0.0719. The van der Waals surface area contributed by atoms with E-state index in [2.05, 4.69) is 10.6 Å². The Hall–Kier alpha value is -1.83. The molecule has 0 saturated carbocycles. The summed E-state index contributed by atoms with van der Waals surface area (Å²) in [6.45, 7) is 1.64. The zero-order chi connectivity index (χ0) is 15.7. The molecule has 0 aliphatic heterocycles. The number of urea groups is 1. The first kappa shape index (κ1) is 17.2. The minimum Gasteiger partial charge on any atom is -0.478 e. The Labute approximate surface area is 127 Å². The highest BCUT2D eigenvalue weighted by Gasteiger charge is 2.10. The molecule has 0 bridgehead atoms. The van der Waals surface area contributed by atoms with Crippen molar-refractivity contribution < 1.29 is 24.2 Å². The van der Waals surface area contributed by atoms with Crippen molar-refractivity contribution in [2.45, 2.75) is 0 Å². The largest absolute Gasteiger partial charge is 0.478 e. The van der Waals surface area contributed by atoms with Crippen LogP contribution in [0.4, 0.5) is 10.5 Å². The number of benzene rings is 1. The number of aromatic carboxylic acids is 1. The maximum absolute atomic E-state index is 11.6. The topological polar surface area (TPSA) is 96.9 Å². The molecule has 21 heavy (non-hydrogen) atoms. The van der Waals surface area contributed by atoms with E-state index >= 15 is 0 Å². The van der Waals surface area contributed by atoms with Gasteiger partial charge in [0.2, 0.25) is 0 Å². The first-order chi connectivity index (χ1) is 10.0. The van der Waals surface area contributed by atoms with Crippen molar-refractivity contribution in [3.63, 3.8) is 0 Å². The molecular weight excluding hydrogens is 300 g/mol. The average Bonchev–Trinajstić information content (AvgIpc) is 2.44. The van der Waals surface area contributed by atoms with Crippen molar-refractivity contribution in [2.24, 2.45) is 0 Å². The second-order valence-electron chi connectivity index (χ2n) is 3.99. The van der Waals surface area contributed by atoms with Crippen LogP contribution in [0.15, 0.2) is 18.2 Å². The molecular formula is C13H17ClN2O5. The molecule has 1 aromatic carbocycles. The first-order valence-corrected chi connectivity index (χ1v) is 6.56. The van der Waals surface area contributed by atoms with Crippen LogP contribution in [0.25, 0.3) is 0 Å². The highest BCUT2D eigenvalue weighted by Crippen LogP contribution is 2.20. The van der Waals surface area contributed by atoms with Gasteiger partial charge in [0, 0.05) is 19.3 Å². The molecule has 0 aliphatic carbocycles. The van der Waals surface area contributed by atoms with E-state index in [1.807, 2.05) is 0 Å². The monoisotopic (exact) mass is 316 g/mol. The SMILES string of the molecule is COCCOCCNC(=O)Nc1ccc(Cl)c(C(=O)O)c1. The molecule has 0 spiro atoms. The Bertz CT molecular complexity index is 495. The number of anilines is 1. The number of halogens is 1. The van der Waals surface area contributed by atoms with E-state index in [1.54, 1.807) is 7.11 Å². The standard InChI is InChI=1S/C13H17ClN2O5/c1-20-6-7-21-5-4-15-13(19)16-9-2-3-11(14)10(8-9)12(17)18/h2-3,8H,4-7H2,1H3,(H,17,18)(H2,15,16,19). The van der Waals surface area contributed by atoms with Gasteiger partial charge in [0.1, 0.15) is 0 Å². The molecule has 1 rings (SSSR count). The quantitative estimate of drug-likeness (QED) is 0.636. The van der Waals surface area contributed by atoms with Crippen molar-refractivity contribution in [3.8, 4) is 0 Å². The Morgan fingerprint density at radius 2 is 2.05 bits per heavy atom. The molecule has 0 fully saturated rings. The number of nitrogens with one attached hydrogen (secondary N) is 2. The predicted molar refractivity (Wildman–Crippen MR) is 78.1 cm³/mol. The van der Waals surface area contributed by atoms with Crippen molar-refractivity contribution >= 4 is 29.3 Å². The van der Waals surface area contributed by atoms with E-state index in [0.29, 0.717) is 32.1 Å². The number of methoxy groups -OCH3 is 1. The fourth-order valence-electron chi connectivity index (χ4n) is 1.42. The highest BCUT2D eigenvalue weighted by molar-refractivity contribution is 6.33. The molecule has 8 heteroatoms. The zero-order valence-electron chi connectivity index (χ0n) is 11.5. The van der Waals surface area contributed by atoms with Crippen LogP contribution in [0.2, 0.25) is 5.02 Å². The van der Waals surface area contributed by atoms with Gasteiger partial charge >= 0.3 is 12.0 Å². The van der Waals surface area contributed by atoms with E-state index in [9.17, 15) is 9.59 Å². The van der Waals surface area contributed by atoms with E-state index < -0.39 is 12.0 Å². The van der Waals surface area contributed by atoms with E-state index in [-0.39, 0.29) is 10.6 Å². The first-order valence-electron chi connectivity index (χ1n) is 6.19. The fourth-order valence-corrected chi connectivity index (χ4v) is 1.62. The van der Waals surface area contributed by atoms with Crippen LogP contribution in [0.3, 0.4) is 0 Å². The number of ether oxygens (including phenoxy) is 2. The van der Waals surface area contributed by atoms with Crippen LogP contribution < -0.4 is 10.6 Å². The lowest BCUT2D eigenvalue weighted by Gasteiger charge is -2.09. The van der Waals surface area contributed by atoms with Crippen LogP contribution in [-0.4, -0.2) is 50.6 Å². The van der Waals surface area contributed by atoms with Gasteiger partial charge < -0.3 is 25.2 Å². The number of carbonyl (C=O) groups excluding carboxylic acids is 1. The van der Waals surface area contributed by atoms with E-state index in [0.717, 1.165) is 0 Å². The molecule has 0 saturated heterocycles. The predicted octanol–water partition coefficient (Wildman–Crippen LogP) is 1.82. The lowest BCUT2D eigenvalue weighted by atomic mass is 10.2. The molecule has 0 unspecified atom stereocenters. The summed E-state index contributed by atoms with van der Waals surface area (Å²) >= 11 is 5.74. The van der Waals surface area contributed by atoms with Crippen LogP contribution >= 0.6 is 11.6 Å². The van der Waals surface area contributed by atoms with Crippen molar-refractivity contribution in [1.29, 1.82) is 0 Å². The van der Waals surface area contributed by atoms with Gasteiger partial charge in [-0.3, -0.25) is 0 Å². The van der Waals surface area contributed by atoms with Gasteiger partial charge in [-0.2, -0.15) is 0 Å². The fraction of sp³-hybridized carbons (Fsp3) is 0.385. The maximum atomic E-state index is 11.6. The van der Waals surface area contributed by atoms with Gasteiger partial charge in [-0.15, -0.1) is 0 Å². The number of amides is 2. The van der Waals surface area contributed by atoms with Gasteiger partial charge in [-0.1, -0.05) is 11.6 Å². The molecule has 7 nitrogen and oxygen atoms in total. The zero-order valence-corrected chi connectivity index (χ0v) is 12.3. The van der Waals surface area contributed by atoms with E-state index in [1.165, 1.54) is 18.2 Å². The Morgan fingerprint density at radius 1 is 1.29 bits per heavy atom. The van der Waals surface area contributed by atoms with E-state index in [4.69, 9.17) is 26.2 Å². The van der Waals surface area contributed by atoms with Gasteiger partial charge in [0.15, 0.2) is 0 Å². The van der Waals surface area contributed by atoms with Crippen molar-refractivity contribution in [1.82, 2.24) is 5.32 Å². The molecule has 3 N–H and O–H groups in total. The number of carbonyl (C=O) groups is 2. The van der Waals surface area contributed by atoms with Crippen LogP contribution in [0.1, 0.15) is 10.4 Å². The molecule has 0 atom stereocenters. The van der Waals surface area contributed by atoms with Crippen LogP contribution in [0, 0.1) is 0 Å². The summed E-state index contributed by atoms with van der Waals surface area (Å²) in [6.07, 6.45) is 0. The summed E-state index contributed by atoms with van der Waals surface area (Å²) in [7, 11) is 1.58. The average molecular weight is 317 g/mol. The Kier molecular flexibility index (Phi) is 7.52. The molecule has 1 aromatic rings. The Morgan fingerprint density at radius 3 is 2.71 bits per heavy atom. The molecule has 0 heterocycles. The molecule has 0 radical (unpaired) electrons. The van der Waals surface area contributed by atoms with Crippen LogP contribution in [-0.2, 0) is 9.47 Å². The summed E-state index contributed by atoms with van der Waals surface area (Å²) in [5, 5.41) is 14.1. The summed E-state index contributed by atoms with van der Waals surface area (Å²) < 4.78 is 9.98. The molecule has 0 aliphatic rings. The van der Waals surface area contributed by atoms with Crippen molar-refractivity contribution in [2.75, 3.05) is 38.8 Å². The number of carboxylic acid groups (broad SMARTS) is 1. The smallest absolute Gasteiger partial charge is 0.337 e. The lowest BCUT2D eigenvalue weighted by molar-refractivity contribution is 0.0697. The summed E-state index contributed by atoms with van der Waals surface area (Å²) in [6, 6.07) is 3.76. The summed E-state index contributed by atoms with van der Waals surface area (Å²) in [4.78, 5) is 22.5. The third kappa shape index (κ3) is 6.44. The number of rotatable bonds is 8. The summed E-state index contributed by atoms with van der Waals surface area (Å²) in [5.41, 5.74) is 0.270. The second-order valence-corrected chi connectivity index (χ2v) is 4.39. The lowest BCUT2D eigenvalue weighted by Crippen LogP contribution is -2.31. The third-order valence-corrected chi connectivity index (χ3v) is 2.75. The highest BCUT2D eigenvalue weighted by atomic mass is 35.5. The maximum Gasteiger partial charge on any atom is 0.337 e. The van der Waals surface area contributed by atoms with Crippen molar-refractivity contribution in [3.05, 3.63) is 28.8 Å². The second kappa shape index (κ2) is 9.17. The minimum atomic E-state index is -1.16. The molecule has 0 aromatic heterocycles. The molecule has 116 valence electrons. The number of carboxylic acids is 1. The van der Waals surface area contributed by atoms with Gasteiger partial charge in [-0.05, 0) is 18.2 Å². The van der Waals surface area contributed by atoms with Gasteiger partial charge in [0.05, 0.1) is 30.4 Å². The summed E-state index contributed by atoms with van der Waals surface area (Å²) in [5.74, 6) is -1.16.